The molecule has 0 atom stereocenters. The normalized spacial score (nSPS) is 15.4. The van der Waals surface area contributed by atoms with Crippen LogP contribution >= 0.6 is 0 Å². The Balaban J connectivity index is 1.25. The fourth-order valence-corrected chi connectivity index (χ4v) is 6.87. The molecule has 0 aliphatic carbocycles. The molecule has 49 heavy (non-hydrogen) atoms. The van der Waals surface area contributed by atoms with Crippen molar-refractivity contribution >= 4 is 54.3 Å². The molecular weight excluding hydrogens is 593 g/mol. The predicted molar refractivity (Wildman–Crippen MR) is 208 cm³/mol. The average molecular weight is 636 g/mol. The van der Waals surface area contributed by atoms with Crippen LogP contribution in [0.15, 0.2) is 186 Å². The summed E-state index contributed by atoms with van der Waals surface area (Å²) in [7, 11) is 0. The molecule has 1 heteroatoms. The van der Waals surface area contributed by atoms with Crippen LogP contribution in [0.2, 0.25) is 0 Å². The highest BCUT2D eigenvalue weighted by Gasteiger charge is 2.20. The third-order valence-corrected chi connectivity index (χ3v) is 9.08. The Hall–Kier alpha value is -6.44. The first-order chi connectivity index (χ1) is 29.7. The van der Waals surface area contributed by atoms with Crippen molar-refractivity contribution in [2.75, 3.05) is 0 Å². The van der Waals surface area contributed by atoms with Crippen molar-refractivity contribution in [3.05, 3.63) is 182 Å². The molecule has 0 aliphatic rings. The van der Waals surface area contributed by atoms with Crippen LogP contribution < -0.4 is 0 Å². The Morgan fingerprint density at radius 1 is 0.367 bits per heavy atom. The summed E-state index contributed by atoms with van der Waals surface area (Å²) in [4.78, 5) is 0. The van der Waals surface area contributed by atoms with Gasteiger partial charge in [0.1, 0.15) is 11.2 Å². The summed E-state index contributed by atoms with van der Waals surface area (Å²) in [5, 5.41) is 2.60. The Morgan fingerprint density at radius 3 is 1.61 bits per heavy atom. The molecule has 1 aromatic heterocycles. The number of hydrogen-bond acceptors (Lipinski definition) is 1. The van der Waals surface area contributed by atoms with Gasteiger partial charge in [0.25, 0.3) is 0 Å². The molecule has 0 bridgehead atoms. The van der Waals surface area contributed by atoms with Crippen LogP contribution in [0.1, 0.15) is 17.8 Å². The predicted octanol–water partition coefficient (Wildman–Crippen LogP) is 13.7. The molecule has 228 valence electrons. The van der Waals surface area contributed by atoms with Gasteiger partial charge in [0.15, 0.2) is 0 Å². The minimum absolute atomic E-state index is 0.00152. The van der Waals surface area contributed by atoms with Gasteiger partial charge in [-0.3, -0.25) is 0 Å². The maximum absolute atomic E-state index is 9.46. The number of rotatable bonds is 4. The summed E-state index contributed by atoms with van der Waals surface area (Å²) in [5.41, 5.74) is 3.46. The topological polar surface area (TPSA) is 13.1 Å². The summed E-state index contributed by atoms with van der Waals surface area (Å²) >= 11 is 0. The van der Waals surface area contributed by atoms with Gasteiger partial charge in [-0.25, -0.2) is 0 Å². The molecule has 10 aromatic rings. The van der Waals surface area contributed by atoms with E-state index in [1.165, 1.54) is 0 Å². The van der Waals surface area contributed by atoms with E-state index < -0.39 is 48.3 Å². The summed E-state index contributed by atoms with van der Waals surface area (Å²) < 4.78 is 122. The summed E-state index contributed by atoms with van der Waals surface area (Å²) in [5.74, 6) is 0. The molecule has 0 amide bonds. The highest BCUT2D eigenvalue weighted by Crippen LogP contribution is 2.47. The second-order valence-corrected chi connectivity index (χ2v) is 11.8. The summed E-state index contributed by atoms with van der Waals surface area (Å²) in [6.45, 7) is 0. The molecule has 0 radical (unpaired) electrons. The van der Waals surface area contributed by atoms with E-state index in [0.717, 1.165) is 21.9 Å². The standard InChI is InChI=1S/C48H30O/c1-2-11-31(12-3-1)32-21-23-33(24-22-32)34-25-27-36(28-26-34)45-38-15-6-8-17-40(38)46(41-18-9-7-16-39(41)45)42-19-10-20-44-47(42)43-30-29-35-13-4-5-14-37(35)48(43)49-44/h1-30H/i4D,5D,10D,13D,14D,19D,20D,21D,22D,23D,24D,29D,30D. The van der Waals surface area contributed by atoms with Crippen molar-refractivity contribution in [1.29, 1.82) is 0 Å². The lowest BCUT2D eigenvalue weighted by atomic mass is 9.84. The lowest BCUT2D eigenvalue weighted by Crippen LogP contribution is -1.91. The monoisotopic (exact) mass is 635 g/mol. The van der Waals surface area contributed by atoms with E-state index in [4.69, 9.17) is 19.5 Å². The summed E-state index contributed by atoms with van der Waals surface area (Å²) in [6.07, 6.45) is 0. The van der Waals surface area contributed by atoms with Gasteiger partial charge in [-0.05, 0) is 83.5 Å². The smallest absolute Gasteiger partial charge is 0.143 e. The van der Waals surface area contributed by atoms with Crippen LogP contribution in [-0.4, -0.2) is 0 Å². The average Bonchev–Trinajstić information content (AvgIpc) is 3.68. The Kier molecular flexibility index (Phi) is 3.99. The molecule has 0 saturated heterocycles. The Bertz CT molecular complexity index is 3510. The van der Waals surface area contributed by atoms with Crippen molar-refractivity contribution in [3.63, 3.8) is 0 Å². The van der Waals surface area contributed by atoms with E-state index in [1.807, 2.05) is 66.7 Å². The van der Waals surface area contributed by atoms with E-state index >= 15 is 0 Å². The number of hydrogen-bond donors (Lipinski definition) is 0. The van der Waals surface area contributed by atoms with Gasteiger partial charge < -0.3 is 4.42 Å². The third kappa shape index (κ3) is 4.40. The maximum atomic E-state index is 9.46. The zero-order valence-electron chi connectivity index (χ0n) is 38.7. The molecule has 10 rings (SSSR count). The molecular formula is C48H30O. The van der Waals surface area contributed by atoms with Crippen LogP contribution in [0, 0.1) is 0 Å². The highest BCUT2D eigenvalue weighted by molar-refractivity contribution is 6.27. The molecule has 0 saturated carbocycles. The van der Waals surface area contributed by atoms with Gasteiger partial charge in [0, 0.05) is 16.2 Å². The fraction of sp³-hybridized carbons (Fsp3) is 0. The minimum Gasteiger partial charge on any atom is -0.455 e. The van der Waals surface area contributed by atoms with E-state index in [1.54, 1.807) is 36.4 Å². The zero-order valence-corrected chi connectivity index (χ0v) is 25.7. The quantitative estimate of drug-likeness (QED) is 0.175. The zero-order chi connectivity index (χ0) is 43.6. The molecule has 0 aliphatic heterocycles. The van der Waals surface area contributed by atoms with Gasteiger partial charge in [-0.15, -0.1) is 0 Å². The van der Waals surface area contributed by atoms with Crippen LogP contribution in [0.25, 0.3) is 98.8 Å². The van der Waals surface area contributed by atoms with Gasteiger partial charge in [-0.2, -0.15) is 0 Å². The van der Waals surface area contributed by atoms with Crippen LogP contribution in [0.5, 0.6) is 0 Å². The molecule has 0 fully saturated rings. The van der Waals surface area contributed by atoms with Crippen LogP contribution in [0.4, 0.5) is 0 Å². The van der Waals surface area contributed by atoms with Gasteiger partial charge in [-0.1, -0.05) is 170 Å². The van der Waals surface area contributed by atoms with Gasteiger partial charge in [0.05, 0.1) is 17.8 Å². The first kappa shape index (κ1) is 17.6. The second kappa shape index (κ2) is 11.1. The number of fused-ring (bicyclic) bond motifs is 7. The lowest BCUT2D eigenvalue weighted by molar-refractivity contribution is 0.673. The highest BCUT2D eigenvalue weighted by atomic mass is 16.3. The maximum Gasteiger partial charge on any atom is 0.143 e. The lowest BCUT2D eigenvalue weighted by Gasteiger charge is -2.18. The van der Waals surface area contributed by atoms with E-state index in [2.05, 4.69) is 0 Å². The fourth-order valence-electron chi connectivity index (χ4n) is 6.87. The first-order valence-corrected chi connectivity index (χ1v) is 15.8. The van der Waals surface area contributed by atoms with Crippen molar-refractivity contribution in [2.24, 2.45) is 0 Å². The van der Waals surface area contributed by atoms with Gasteiger partial charge in [0.2, 0.25) is 0 Å². The van der Waals surface area contributed by atoms with Crippen molar-refractivity contribution < 1.29 is 22.2 Å². The van der Waals surface area contributed by atoms with Crippen molar-refractivity contribution in [3.8, 4) is 44.5 Å². The Morgan fingerprint density at radius 2 is 0.939 bits per heavy atom. The van der Waals surface area contributed by atoms with Crippen LogP contribution in [0.3, 0.4) is 0 Å². The SMILES string of the molecule is [2H]c1c([2H])c(-c2ccc(-c3c4ccccc4c(-c4c([2H])c([2H])c([2H])c5oc6c7c([2H])c([2H])c([2H])c([2H])c7c([2H])c([2H])c6c45)c4ccccc34)cc2)c([2H])c([2H])c1-c1ccccc1. The molecule has 0 unspecified atom stereocenters. The van der Waals surface area contributed by atoms with Crippen molar-refractivity contribution in [1.82, 2.24) is 0 Å². The van der Waals surface area contributed by atoms with Crippen molar-refractivity contribution in [2.45, 2.75) is 0 Å². The van der Waals surface area contributed by atoms with Crippen LogP contribution in [-0.2, 0) is 0 Å². The first-order valence-electron chi connectivity index (χ1n) is 22.3. The van der Waals surface area contributed by atoms with E-state index in [0.29, 0.717) is 27.5 Å². The van der Waals surface area contributed by atoms with E-state index in [-0.39, 0.29) is 79.6 Å². The third-order valence-electron chi connectivity index (χ3n) is 9.08. The Labute approximate surface area is 302 Å². The van der Waals surface area contributed by atoms with E-state index in [9.17, 15) is 2.74 Å². The minimum atomic E-state index is -0.564. The molecule has 0 N–H and O–H groups in total. The second-order valence-electron chi connectivity index (χ2n) is 11.8. The summed E-state index contributed by atoms with van der Waals surface area (Å²) in [6, 6.07) is 26.5. The number of benzene rings is 9. The van der Waals surface area contributed by atoms with Gasteiger partial charge >= 0.3 is 0 Å². The molecule has 1 heterocycles. The molecule has 9 aromatic carbocycles. The molecule has 1 nitrogen and oxygen atoms in total. The largest absolute Gasteiger partial charge is 0.455 e. The molecule has 0 spiro atoms. The number of furan rings is 1.